The first-order chi connectivity index (χ1) is 37.9. The van der Waals surface area contributed by atoms with Gasteiger partial charge in [0.15, 0.2) is 0 Å². The summed E-state index contributed by atoms with van der Waals surface area (Å²) >= 11 is 19.0. The number of hydrogen-bond donors (Lipinski definition) is 0. The molecule has 14 heteroatoms. The number of unbranched alkanes of at least 4 members (excludes halogenated alkanes) is 4. The Morgan fingerprint density at radius 2 is 0.833 bits per heavy atom. The molecule has 8 aromatic heterocycles. The van der Waals surface area contributed by atoms with Gasteiger partial charge in [0.25, 0.3) is 0 Å². The first kappa shape index (κ1) is 60.9. The van der Waals surface area contributed by atoms with Gasteiger partial charge in [-0.2, -0.15) is 0 Å². The number of carbonyl (C=O) groups is 2. The number of fused-ring (bicyclic) bond motifs is 4. The molecule has 0 N–H and O–H groups in total. The summed E-state index contributed by atoms with van der Waals surface area (Å²) in [5.41, 5.74) is 2.79. The summed E-state index contributed by atoms with van der Waals surface area (Å²) in [7, 11) is 0. The van der Waals surface area contributed by atoms with Crippen LogP contribution >= 0.6 is 99.9 Å². The van der Waals surface area contributed by atoms with Crippen molar-refractivity contribution < 1.29 is 19.1 Å². The molecule has 1 aromatic carbocycles. The molecule has 0 radical (unpaired) electrons. The average molecular weight is 1420 g/mol. The fourth-order valence-electron chi connectivity index (χ4n) is 10.8. The number of halogens is 2. The second kappa shape index (κ2) is 28.8. The van der Waals surface area contributed by atoms with Gasteiger partial charge in [-0.05, 0) is 24.7 Å². The number of benzene rings is 1. The summed E-state index contributed by atoms with van der Waals surface area (Å²) in [5.74, 6) is 1.80. The van der Waals surface area contributed by atoms with Crippen LogP contribution < -0.4 is 0 Å². The van der Waals surface area contributed by atoms with Gasteiger partial charge in [0, 0.05) is 0 Å². The fourth-order valence-corrected chi connectivity index (χ4v) is 25.2. The van der Waals surface area contributed by atoms with E-state index in [-0.39, 0.29) is 40.9 Å². The molecule has 0 amide bonds. The summed E-state index contributed by atoms with van der Waals surface area (Å²) in [5, 5.41) is 4.89. The van der Waals surface area contributed by atoms with Crippen LogP contribution in [0.3, 0.4) is 0 Å². The van der Waals surface area contributed by atoms with E-state index in [1.165, 1.54) is 124 Å². The van der Waals surface area contributed by atoms with Gasteiger partial charge in [0.2, 0.25) is 0 Å². The van der Waals surface area contributed by atoms with Gasteiger partial charge >= 0.3 is 431 Å². The van der Waals surface area contributed by atoms with Crippen LogP contribution in [0.25, 0.3) is 79.9 Å². The zero-order valence-electron chi connectivity index (χ0n) is 46.7. The molecule has 9 aromatic rings. The Kier molecular flexibility index (Phi) is 22.5. The van der Waals surface area contributed by atoms with Crippen molar-refractivity contribution >= 4 is 181 Å². The van der Waals surface area contributed by atoms with E-state index in [1.807, 2.05) is 22.7 Å². The van der Waals surface area contributed by atoms with Crippen LogP contribution in [0.4, 0.5) is 0 Å². The number of carbonyl (C=O) groups excluding carboxylic acids is 2. The second-order valence-corrected chi connectivity index (χ2v) is 35.2. The average Bonchev–Trinajstić information content (AvgIpc) is 4.46. The van der Waals surface area contributed by atoms with E-state index in [4.69, 9.17) is 9.47 Å². The third kappa shape index (κ3) is 13.8. The molecule has 78 heavy (non-hydrogen) atoms. The van der Waals surface area contributed by atoms with Crippen molar-refractivity contribution in [2.45, 2.75) is 171 Å². The van der Waals surface area contributed by atoms with E-state index < -0.39 is 0 Å². The topological polar surface area (TPSA) is 52.6 Å². The number of hydrogen-bond acceptors (Lipinski definition) is 10. The van der Waals surface area contributed by atoms with E-state index in [9.17, 15) is 9.59 Å². The molecule has 0 aliphatic heterocycles. The van der Waals surface area contributed by atoms with Gasteiger partial charge in [-0.15, -0.1) is 0 Å². The van der Waals surface area contributed by atoms with E-state index in [0.29, 0.717) is 46.6 Å². The molecule has 4 atom stereocenters. The van der Waals surface area contributed by atoms with Crippen LogP contribution in [0.15, 0.2) is 56.1 Å². The molecule has 0 bridgehead atoms. The molecule has 418 valence electrons. The summed E-state index contributed by atoms with van der Waals surface area (Å²) < 4.78 is 25.4. The van der Waals surface area contributed by atoms with Crippen molar-refractivity contribution in [1.82, 2.24) is 0 Å². The molecule has 0 spiro atoms. The minimum absolute atomic E-state index is 0.192. The van der Waals surface area contributed by atoms with Crippen LogP contribution in [0.5, 0.6) is 0 Å². The Hall–Kier alpha value is -1.64. The Morgan fingerprint density at radius 3 is 1.19 bits per heavy atom. The number of esters is 2. The maximum absolute atomic E-state index is 13.8. The molecule has 0 aliphatic carbocycles. The molecular formula is C64H76Br2O4S6Se2. The number of rotatable bonds is 30. The third-order valence-corrected chi connectivity index (χ3v) is 29.6. The molecule has 4 nitrogen and oxygen atoms in total. The number of thiophene rings is 6. The Morgan fingerprint density at radius 1 is 0.462 bits per heavy atom. The van der Waals surface area contributed by atoms with Crippen LogP contribution in [0, 0.1) is 23.7 Å². The maximum atomic E-state index is 13.8. The molecule has 4 unspecified atom stereocenters. The van der Waals surface area contributed by atoms with Crippen molar-refractivity contribution in [3.8, 4) is 39.5 Å². The van der Waals surface area contributed by atoms with E-state index in [2.05, 4.69) is 136 Å². The van der Waals surface area contributed by atoms with Crippen molar-refractivity contribution in [2.75, 3.05) is 13.2 Å². The van der Waals surface area contributed by atoms with Crippen molar-refractivity contribution in [3.63, 3.8) is 0 Å². The molecular weight excluding hydrogens is 1340 g/mol. The molecule has 0 saturated carbocycles. The number of ether oxygens (including phenoxy) is 2. The summed E-state index contributed by atoms with van der Waals surface area (Å²) in [6.07, 6.45) is 21.3. The first-order valence-corrected chi connectivity index (χ1v) is 38.8. The van der Waals surface area contributed by atoms with Gasteiger partial charge in [0.1, 0.15) is 0 Å². The van der Waals surface area contributed by atoms with Gasteiger partial charge in [-0.3, -0.25) is 0 Å². The SMILES string of the molecule is CCCCC(CC)COC(=O)c1cc2c(Br)sc(-c3cc4c(-c5ccc(CC(CC)CCCC)[se]5)c5sc(-c6sc(Br)c7cc(C(=O)OCC(CC)CCCC)sc67)cc5c(-c5ccc(CC(CC)CCCC)[se]5)c4s3)c2s1. The third-order valence-electron chi connectivity index (χ3n) is 15.9. The van der Waals surface area contributed by atoms with Gasteiger partial charge < -0.3 is 0 Å². The van der Waals surface area contributed by atoms with E-state index in [1.54, 1.807) is 54.2 Å². The Labute approximate surface area is 516 Å². The van der Waals surface area contributed by atoms with Gasteiger partial charge in [-0.1, -0.05) is 66.2 Å². The quantitative estimate of drug-likeness (QED) is 0.0333. The standard InChI is InChI=1S/C64H76Br2O4S6Se2/c1-9-17-21-37(13-5)29-41-25-27-51(77-41)53-43-31-47(59-57-45(61(65)75-59)33-49(73-57)63(67)69-35-39(15-7)23-19-11-3)72-56(43)54(52-28-26-42(78-52)30-38(14-6)22-18-10-2)44-32-48(71-55(44)53)60-58-46(62(66)76-60)34-50(74-58)64(68)70-36-40(16-8)24-20-12-4/h25-28,31-34,37-40H,9-24,29-30,35-36H2,1-8H3. The van der Waals surface area contributed by atoms with Crippen LogP contribution in [-0.2, 0) is 22.3 Å². The second-order valence-electron chi connectivity index (χ2n) is 21.4. The Balaban J connectivity index is 1.21. The predicted octanol–water partition coefficient (Wildman–Crippen LogP) is 23.2. The molecule has 8 heterocycles. The van der Waals surface area contributed by atoms with Gasteiger partial charge in [-0.25, -0.2) is 0 Å². The monoisotopic (exact) mass is 1420 g/mol. The predicted molar refractivity (Wildman–Crippen MR) is 356 cm³/mol. The zero-order chi connectivity index (χ0) is 55.0. The Bertz CT molecular complexity index is 3170. The molecule has 0 aliphatic rings. The van der Waals surface area contributed by atoms with Crippen molar-refractivity contribution in [2.24, 2.45) is 23.7 Å². The van der Waals surface area contributed by atoms with Crippen LogP contribution in [0.2, 0.25) is 0 Å². The van der Waals surface area contributed by atoms with Crippen molar-refractivity contribution in [1.29, 1.82) is 0 Å². The molecule has 0 fully saturated rings. The van der Waals surface area contributed by atoms with E-state index in [0.717, 1.165) is 79.1 Å². The van der Waals surface area contributed by atoms with Crippen molar-refractivity contribution in [3.05, 3.63) is 74.7 Å². The molecule has 0 saturated heterocycles. The zero-order valence-corrected chi connectivity index (χ0v) is 58.2. The fraction of sp³-hybridized carbons (Fsp3) is 0.500. The normalized spacial score (nSPS) is 13.7. The first-order valence-electron chi connectivity index (χ1n) is 28.9. The molecule has 9 rings (SSSR count). The summed E-state index contributed by atoms with van der Waals surface area (Å²) in [6.45, 7) is 19.2. The van der Waals surface area contributed by atoms with E-state index >= 15 is 0 Å². The van der Waals surface area contributed by atoms with Crippen LogP contribution in [-0.4, -0.2) is 54.2 Å². The summed E-state index contributed by atoms with van der Waals surface area (Å²) in [6, 6.07) is 19.1. The summed E-state index contributed by atoms with van der Waals surface area (Å²) in [4.78, 5) is 33.9. The van der Waals surface area contributed by atoms with Gasteiger partial charge in [0.05, 0.1) is 0 Å². The minimum atomic E-state index is -0.208. The van der Waals surface area contributed by atoms with Crippen LogP contribution in [0.1, 0.15) is 186 Å².